The number of piperidine rings is 1. The van der Waals surface area contributed by atoms with Crippen LogP contribution in [0.5, 0.6) is 0 Å². The average Bonchev–Trinajstić information content (AvgIpc) is 3.21. The lowest BCUT2D eigenvalue weighted by molar-refractivity contribution is -0.384. The third-order valence-corrected chi connectivity index (χ3v) is 7.44. The number of thioether (sulfide) groups is 1. The number of nitro benzene ring substituents is 1. The van der Waals surface area contributed by atoms with E-state index < -0.39 is 0 Å². The lowest BCUT2D eigenvalue weighted by Crippen LogP contribution is -2.30. The summed E-state index contributed by atoms with van der Waals surface area (Å²) < 4.78 is 2.57. The Morgan fingerprint density at radius 3 is 2.53 bits per heavy atom. The molecule has 3 heterocycles. The number of rotatable bonds is 5. The largest absolute Gasteiger partial charge is 0.366 e. The molecular formula is C23H26N4O3S2. The fourth-order valence-electron chi connectivity index (χ4n) is 4.44. The summed E-state index contributed by atoms with van der Waals surface area (Å²) in [5, 5.41) is 11.9. The van der Waals surface area contributed by atoms with Crippen molar-refractivity contribution in [3.05, 3.63) is 56.2 Å². The minimum atomic E-state index is -0.293. The first-order valence-electron chi connectivity index (χ1n) is 10.8. The average molecular weight is 471 g/mol. The van der Waals surface area contributed by atoms with E-state index in [0.29, 0.717) is 21.5 Å². The Bertz CT molecular complexity index is 1130. The number of nitrogens with zero attached hydrogens (tertiary/aromatic N) is 4. The van der Waals surface area contributed by atoms with Crippen LogP contribution < -0.4 is 4.90 Å². The van der Waals surface area contributed by atoms with Crippen molar-refractivity contribution in [3.63, 3.8) is 0 Å². The quantitative estimate of drug-likeness (QED) is 0.258. The number of carbonyl (C=O) groups is 1. The predicted octanol–water partition coefficient (Wildman–Crippen LogP) is 5.21. The molecule has 4 rings (SSSR count). The molecule has 2 fully saturated rings. The maximum absolute atomic E-state index is 12.6. The molecule has 0 unspecified atom stereocenters. The van der Waals surface area contributed by atoms with E-state index in [4.69, 9.17) is 12.2 Å². The SMILES string of the molecule is CCN1C(=O)/C(=C/c2cc(C)n(-c3ccc(N4CCCCC4)c([N+](=O)[O-])c3)c2C)SC1=S. The van der Waals surface area contributed by atoms with Gasteiger partial charge in [0.2, 0.25) is 0 Å². The Hall–Kier alpha value is -2.65. The van der Waals surface area contributed by atoms with Gasteiger partial charge in [0.1, 0.15) is 10.0 Å². The van der Waals surface area contributed by atoms with E-state index in [1.807, 2.05) is 49.6 Å². The molecule has 0 atom stereocenters. The predicted molar refractivity (Wildman–Crippen MR) is 134 cm³/mol. The van der Waals surface area contributed by atoms with Crippen molar-refractivity contribution in [2.75, 3.05) is 24.5 Å². The van der Waals surface area contributed by atoms with Gasteiger partial charge in [0.15, 0.2) is 0 Å². The maximum Gasteiger partial charge on any atom is 0.294 e. The number of benzene rings is 1. The van der Waals surface area contributed by atoms with E-state index in [0.717, 1.165) is 48.6 Å². The Balaban J connectivity index is 1.72. The minimum absolute atomic E-state index is 0.0752. The van der Waals surface area contributed by atoms with Gasteiger partial charge in [-0.15, -0.1) is 0 Å². The van der Waals surface area contributed by atoms with E-state index in [9.17, 15) is 14.9 Å². The number of nitro groups is 1. The smallest absolute Gasteiger partial charge is 0.294 e. The fourth-order valence-corrected chi connectivity index (χ4v) is 5.82. The Kier molecular flexibility index (Phi) is 6.39. The van der Waals surface area contributed by atoms with Gasteiger partial charge in [-0.25, -0.2) is 0 Å². The Labute approximate surface area is 197 Å². The number of anilines is 1. The first-order chi connectivity index (χ1) is 15.3. The zero-order chi connectivity index (χ0) is 23.0. The van der Waals surface area contributed by atoms with E-state index in [1.54, 1.807) is 11.0 Å². The highest BCUT2D eigenvalue weighted by Crippen LogP contribution is 2.36. The van der Waals surface area contributed by atoms with Crippen LogP contribution in [0.1, 0.15) is 43.1 Å². The second-order valence-corrected chi connectivity index (χ2v) is 9.74. The number of likely N-dealkylation sites (N-methyl/N-ethyl adjacent to an activating group) is 1. The van der Waals surface area contributed by atoms with Gasteiger partial charge in [0, 0.05) is 37.1 Å². The maximum atomic E-state index is 12.6. The Morgan fingerprint density at radius 1 is 1.19 bits per heavy atom. The van der Waals surface area contributed by atoms with Crippen molar-refractivity contribution in [1.29, 1.82) is 0 Å². The summed E-state index contributed by atoms with van der Waals surface area (Å²) in [6, 6.07) is 7.46. The first kappa shape index (κ1) is 22.5. The molecule has 168 valence electrons. The number of amides is 1. The second-order valence-electron chi connectivity index (χ2n) is 8.07. The van der Waals surface area contributed by atoms with Gasteiger partial charge in [0.25, 0.3) is 11.6 Å². The minimum Gasteiger partial charge on any atom is -0.366 e. The highest BCUT2D eigenvalue weighted by atomic mass is 32.2. The molecule has 1 aromatic heterocycles. The molecule has 7 nitrogen and oxygen atoms in total. The van der Waals surface area contributed by atoms with Gasteiger partial charge in [-0.05, 0) is 69.9 Å². The number of carbonyl (C=O) groups excluding carboxylic acids is 1. The molecule has 2 saturated heterocycles. The lowest BCUT2D eigenvalue weighted by Gasteiger charge is -2.28. The van der Waals surface area contributed by atoms with Crippen LogP contribution in [0.4, 0.5) is 11.4 Å². The number of aryl methyl sites for hydroxylation is 1. The van der Waals surface area contributed by atoms with Crippen molar-refractivity contribution in [2.45, 2.75) is 40.0 Å². The summed E-state index contributed by atoms with van der Waals surface area (Å²) >= 11 is 6.62. The highest BCUT2D eigenvalue weighted by Gasteiger charge is 2.31. The summed E-state index contributed by atoms with van der Waals surface area (Å²) in [6.07, 6.45) is 5.15. The van der Waals surface area contributed by atoms with Crippen LogP contribution in [-0.2, 0) is 4.79 Å². The van der Waals surface area contributed by atoms with Crippen LogP contribution in [0.15, 0.2) is 29.2 Å². The molecule has 32 heavy (non-hydrogen) atoms. The van der Waals surface area contributed by atoms with E-state index in [-0.39, 0.29) is 16.5 Å². The zero-order valence-electron chi connectivity index (χ0n) is 18.5. The third kappa shape index (κ3) is 4.06. The van der Waals surface area contributed by atoms with E-state index in [1.165, 1.54) is 18.2 Å². The van der Waals surface area contributed by atoms with Crippen molar-refractivity contribution in [1.82, 2.24) is 9.47 Å². The molecule has 0 radical (unpaired) electrons. The van der Waals surface area contributed by atoms with Gasteiger partial charge in [-0.2, -0.15) is 0 Å². The van der Waals surface area contributed by atoms with Crippen molar-refractivity contribution >= 4 is 51.7 Å². The summed E-state index contributed by atoms with van der Waals surface area (Å²) in [4.78, 5) is 28.5. The molecule has 2 aliphatic rings. The third-order valence-electron chi connectivity index (χ3n) is 6.06. The monoisotopic (exact) mass is 470 g/mol. The zero-order valence-corrected chi connectivity index (χ0v) is 20.1. The second kappa shape index (κ2) is 9.07. The standard InChI is InChI=1S/C23H26N4O3S2/c1-4-25-22(28)21(32-23(25)31)13-17-12-15(2)26(16(17)3)18-8-9-19(20(14-18)27(29)30)24-10-6-5-7-11-24/h8-9,12-14H,4-7,10-11H2,1-3H3/b21-13-. The van der Waals surface area contributed by atoms with Gasteiger partial charge >= 0.3 is 0 Å². The molecule has 0 N–H and O–H groups in total. The van der Waals surface area contributed by atoms with Gasteiger partial charge < -0.3 is 9.47 Å². The number of thiocarbonyl (C=S) groups is 1. The van der Waals surface area contributed by atoms with Crippen LogP contribution in [0.25, 0.3) is 11.8 Å². The molecule has 9 heteroatoms. The van der Waals surface area contributed by atoms with Crippen LogP contribution in [0, 0.1) is 24.0 Å². The molecule has 2 aromatic rings. The number of hydrogen-bond acceptors (Lipinski definition) is 6. The van der Waals surface area contributed by atoms with E-state index in [2.05, 4.69) is 4.90 Å². The molecule has 0 aliphatic carbocycles. The summed E-state index contributed by atoms with van der Waals surface area (Å²) in [6.45, 7) is 8.08. The van der Waals surface area contributed by atoms with Crippen LogP contribution >= 0.6 is 24.0 Å². The lowest BCUT2D eigenvalue weighted by atomic mass is 10.1. The summed E-state index contributed by atoms with van der Waals surface area (Å²) in [5.41, 5.74) is 4.32. The van der Waals surface area contributed by atoms with Crippen LogP contribution in [-0.4, -0.2) is 44.3 Å². The number of aromatic nitrogens is 1. The van der Waals surface area contributed by atoms with Gasteiger partial charge in [0.05, 0.1) is 15.5 Å². The van der Waals surface area contributed by atoms with Gasteiger partial charge in [-0.3, -0.25) is 19.8 Å². The molecule has 0 bridgehead atoms. The van der Waals surface area contributed by atoms with Crippen molar-refractivity contribution in [2.24, 2.45) is 0 Å². The topological polar surface area (TPSA) is 71.6 Å². The van der Waals surface area contributed by atoms with Crippen molar-refractivity contribution < 1.29 is 9.72 Å². The Morgan fingerprint density at radius 2 is 1.91 bits per heavy atom. The fraction of sp³-hybridized carbons (Fsp3) is 0.391. The molecule has 1 aromatic carbocycles. The number of hydrogen-bond donors (Lipinski definition) is 0. The molecule has 2 aliphatic heterocycles. The highest BCUT2D eigenvalue weighted by molar-refractivity contribution is 8.26. The van der Waals surface area contributed by atoms with Gasteiger partial charge in [-0.1, -0.05) is 24.0 Å². The van der Waals surface area contributed by atoms with Crippen LogP contribution in [0.2, 0.25) is 0 Å². The molecular weight excluding hydrogens is 444 g/mol. The molecule has 0 saturated carbocycles. The van der Waals surface area contributed by atoms with Crippen molar-refractivity contribution in [3.8, 4) is 5.69 Å². The summed E-state index contributed by atoms with van der Waals surface area (Å²) in [7, 11) is 0. The van der Waals surface area contributed by atoms with Crippen LogP contribution in [0.3, 0.4) is 0 Å². The normalized spacial score (nSPS) is 18.2. The first-order valence-corrected chi connectivity index (χ1v) is 12.0. The molecule has 0 spiro atoms. The molecule has 1 amide bonds. The summed E-state index contributed by atoms with van der Waals surface area (Å²) in [5.74, 6) is -0.0752. The van der Waals surface area contributed by atoms with E-state index >= 15 is 0 Å².